The molecule has 2 rings (SSSR count). The number of nitrogens with one attached hydrogen (secondary N) is 2. The lowest BCUT2D eigenvalue weighted by molar-refractivity contribution is 0.0963. The molecule has 0 atom stereocenters. The van der Waals surface area contributed by atoms with Gasteiger partial charge in [0, 0.05) is 32.6 Å². The number of guanidine groups is 1. The summed E-state index contributed by atoms with van der Waals surface area (Å²) in [6.45, 7) is 8.47. The zero-order chi connectivity index (χ0) is 17.4. The van der Waals surface area contributed by atoms with Gasteiger partial charge in [0.1, 0.15) is 6.54 Å². The lowest BCUT2D eigenvalue weighted by atomic mass is 10.1. The Morgan fingerprint density at radius 3 is 2.75 bits per heavy atom. The number of carbonyl (C=O) groups is 1. The zero-order valence-electron chi connectivity index (χ0n) is 14.5. The van der Waals surface area contributed by atoms with E-state index in [1.807, 2.05) is 13.8 Å². The second-order valence-electron chi connectivity index (χ2n) is 5.53. The number of hydrogen-bond acceptors (Lipinski definition) is 6. The van der Waals surface area contributed by atoms with Gasteiger partial charge in [-0.2, -0.15) is 4.98 Å². The van der Waals surface area contributed by atoms with Crippen LogP contribution in [0.4, 0.5) is 4.79 Å². The van der Waals surface area contributed by atoms with Crippen LogP contribution in [0, 0.1) is 6.92 Å². The average molecular weight is 338 g/mol. The predicted octanol–water partition coefficient (Wildman–Crippen LogP) is 1.05. The van der Waals surface area contributed by atoms with Crippen molar-refractivity contribution in [1.82, 2.24) is 25.7 Å². The number of ether oxygens (including phenoxy) is 1. The van der Waals surface area contributed by atoms with Crippen molar-refractivity contribution in [2.45, 2.75) is 46.2 Å². The van der Waals surface area contributed by atoms with E-state index in [0.717, 1.165) is 25.3 Å². The van der Waals surface area contributed by atoms with Crippen molar-refractivity contribution < 1.29 is 14.1 Å². The van der Waals surface area contributed by atoms with E-state index in [1.54, 1.807) is 11.8 Å². The van der Waals surface area contributed by atoms with Crippen LogP contribution in [-0.2, 0) is 11.3 Å². The maximum Gasteiger partial charge on any atom is 0.409 e. The van der Waals surface area contributed by atoms with Crippen molar-refractivity contribution in [1.29, 1.82) is 0 Å². The Morgan fingerprint density at radius 1 is 1.42 bits per heavy atom. The molecule has 1 aromatic rings. The number of rotatable bonds is 5. The quantitative estimate of drug-likeness (QED) is 0.611. The van der Waals surface area contributed by atoms with Crippen LogP contribution in [0.5, 0.6) is 0 Å². The third kappa shape index (κ3) is 5.39. The minimum absolute atomic E-state index is 0.232. The molecule has 1 saturated heterocycles. The van der Waals surface area contributed by atoms with Gasteiger partial charge < -0.3 is 24.8 Å². The highest BCUT2D eigenvalue weighted by Crippen LogP contribution is 2.11. The normalized spacial score (nSPS) is 16.1. The van der Waals surface area contributed by atoms with Gasteiger partial charge in [-0.05, 0) is 26.7 Å². The topological polar surface area (TPSA) is 105 Å². The molecule has 2 N–H and O–H groups in total. The fraction of sp³-hybridized carbons (Fsp3) is 0.733. The van der Waals surface area contributed by atoms with Crippen molar-refractivity contribution in [3.05, 3.63) is 11.7 Å². The van der Waals surface area contributed by atoms with Crippen LogP contribution in [0.25, 0.3) is 0 Å². The highest BCUT2D eigenvalue weighted by atomic mass is 16.6. The van der Waals surface area contributed by atoms with Gasteiger partial charge in [-0.25, -0.2) is 9.79 Å². The molecule has 0 radical (unpaired) electrons. The van der Waals surface area contributed by atoms with E-state index in [4.69, 9.17) is 9.26 Å². The fourth-order valence-corrected chi connectivity index (χ4v) is 2.49. The fourth-order valence-electron chi connectivity index (χ4n) is 2.49. The number of nitrogens with zero attached hydrogens (tertiary/aromatic N) is 4. The molecule has 1 amide bonds. The summed E-state index contributed by atoms with van der Waals surface area (Å²) < 4.78 is 9.97. The molecule has 1 fully saturated rings. The van der Waals surface area contributed by atoms with E-state index in [1.165, 1.54) is 0 Å². The summed E-state index contributed by atoms with van der Waals surface area (Å²) in [4.78, 5) is 22.1. The van der Waals surface area contributed by atoms with Gasteiger partial charge in [0.05, 0.1) is 6.61 Å². The average Bonchev–Trinajstić information content (AvgIpc) is 2.99. The number of aliphatic imine (C=N–C) groups is 1. The SMILES string of the molecule is CCNC(=NCc1noc(C)n1)NC1CCN(C(=O)OCC)CC1. The Kier molecular flexibility index (Phi) is 6.83. The van der Waals surface area contributed by atoms with Crippen LogP contribution in [0.1, 0.15) is 38.4 Å². The standard InChI is InChI=1S/C15H26N6O3/c1-4-16-14(17-10-13-18-11(3)24-20-13)19-12-6-8-21(9-7-12)15(22)23-5-2/h12H,4-10H2,1-3H3,(H2,16,17,19). The number of aryl methyl sites for hydroxylation is 1. The van der Waals surface area contributed by atoms with Gasteiger partial charge in [-0.1, -0.05) is 5.16 Å². The van der Waals surface area contributed by atoms with Gasteiger partial charge in [0.15, 0.2) is 11.8 Å². The minimum Gasteiger partial charge on any atom is -0.450 e. The van der Waals surface area contributed by atoms with Crippen LogP contribution >= 0.6 is 0 Å². The molecule has 1 aliphatic rings. The first-order chi connectivity index (χ1) is 11.6. The van der Waals surface area contributed by atoms with Crippen molar-refractivity contribution >= 4 is 12.1 Å². The van der Waals surface area contributed by atoms with Gasteiger partial charge in [-0.15, -0.1) is 0 Å². The van der Waals surface area contributed by atoms with E-state index in [-0.39, 0.29) is 12.1 Å². The van der Waals surface area contributed by atoms with Crippen LogP contribution in [0.3, 0.4) is 0 Å². The Bertz CT molecular complexity index is 551. The largest absolute Gasteiger partial charge is 0.450 e. The molecule has 9 nitrogen and oxygen atoms in total. The number of piperidine rings is 1. The molecule has 2 heterocycles. The van der Waals surface area contributed by atoms with Gasteiger partial charge in [-0.3, -0.25) is 0 Å². The van der Waals surface area contributed by atoms with Crippen LogP contribution in [-0.4, -0.2) is 59.4 Å². The number of amides is 1. The summed E-state index contributed by atoms with van der Waals surface area (Å²) in [5.74, 6) is 1.81. The Morgan fingerprint density at radius 2 is 2.17 bits per heavy atom. The van der Waals surface area contributed by atoms with Crippen LogP contribution in [0.2, 0.25) is 0 Å². The van der Waals surface area contributed by atoms with Crippen molar-refractivity contribution in [3.63, 3.8) is 0 Å². The first kappa shape index (κ1) is 18.0. The molecular formula is C15H26N6O3. The van der Waals surface area contributed by atoms with Crippen LogP contribution < -0.4 is 10.6 Å². The zero-order valence-corrected chi connectivity index (χ0v) is 14.5. The van der Waals surface area contributed by atoms with Crippen molar-refractivity contribution in [3.8, 4) is 0 Å². The van der Waals surface area contributed by atoms with Gasteiger partial charge in [0.25, 0.3) is 0 Å². The minimum atomic E-state index is -0.232. The number of hydrogen-bond donors (Lipinski definition) is 2. The van der Waals surface area contributed by atoms with Gasteiger partial charge >= 0.3 is 6.09 Å². The lowest BCUT2D eigenvalue weighted by Crippen LogP contribution is -2.49. The number of aromatic nitrogens is 2. The molecule has 0 spiro atoms. The number of carbonyl (C=O) groups excluding carboxylic acids is 1. The van der Waals surface area contributed by atoms with E-state index in [9.17, 15) is 4.79 Å². The summed E-state index contributed by atoms with van der Waals surface area (Å²) in [5, 5.41) is 10.4. The van der Waals surface area contributed by atoms with E-state index < -0.39 is 0 Å². The molecule has 24 heavy (non-hydrogen) atoms. The predicted molar refractivity (Wildman–Crippen MR) is 88.6 cm³/mol. The van der Waals surface area contributed by atoms with Crippen molar-refractivity contribution in [2.75, 3.05) is 26.2 Å². The van der Waals surface area contributed by atoms with Crippen LogP contribution in [0.15, 0.2) is 9.52 Å². The molecule has 1 aromatic heterocycles. The molecule has 0 aliphatic carbocycles. The van der Waals surface area contributed by atoms with Crippen molar-refractivity contribution in [2.24, 2.45) is 4.99 Å². The highest BCUT2D eigenvalue weighted by Gasteiger charge is 2.24. The maximum absolute atomic E-state index is 11.7. The molecular weight excluding hydrogens is 312 g/mol. The molecule has 0 saturated carbocycles. The molecule has 1 aliphatic heterocycles. The molecule has 0 unspecified atom stereocenters. The molecule has 9 heteroatoms. The second kappa shape index (κ2) is 9.09. The Labute approximate surface area is 141 Å². The van der Waals surface area contributed by atoms with Gasteiger partial charge in [0.2, 0.25) is 5.89 Å². The summed E-state index contributed by atoms with van der Waals surface area (Å²) in [6.07, 6.45) is 1.47. The van der Waals surface area contributed by atoms with E-state index in [2.05, 4.69) is 25.8 Å². The molecule has 0 bridgehead atoms. The summed E-state index contributed by atoms with van der Waals surface area (Å²) in [7, 11) is 0. The summed E-state index contributed by atoms with van der Waals surface area (Å²) in [6, 6.07) is 0.264. The summed E-state index contributed by atoms with van der Waals surface area (Å²) >= 11 is 0. The first-order valence-corrected chi connectivity index (χ1v) is 8.38. The maximum atomic E-state index is 11.7. The first-order valence-electron chi connectivity index (χ1n) is 8.38. The third-order valence-corrected chi connectivity index (χ3v) is 3.65. The monoisotopic (exact) mass is 338 g/mol. The number of likely N-dealkylation sites (tertiary alicyclic amines) is 1. The van der Waals surface area contributed by atoms with E-state index in [0.29, 0.717) is 38.0 Å². The Hall–Kier alpha value is -2.32. The highest BCUT2D eigenvalue weighted by molar-refractivity contribution is 5.80. The molecule has 134 valence electrons. The Balaban J connectivity index is 1.84. The summed E-state index contributed by atoms with van der Waals surface area (Å²) in [5.41, 5.74) is 0. The second-order valence-corrected chi connectivity index (χ2v) is 5.53. The van der Waals surface area contributed by atoms with E-state index >= 15 is 0 Å². The lowest BCUT2D eigenvalue weighted by Gasteiger charge is -2.32. The molecule has 0 aromatic carbocycles. The smallest absolute Gasteiger partial charge is 0.409 e. The third-order valence-electron chi connectivity index (χ3n) is 3.65.